The molecule has 1 N–H and O–H groups in total. The Bertz CT molecular complexity index is 1170. The number of aryl methyl sites for hydroxylation is 1. The van der Waals surface area contributed by atoms with Gasteiger partial charge in [-0.05, 0) is 31.2 Å². The maximum atomic E-state index is 12.6. The third kappa shape index (κ3) is 4.98. The Morgan fingerprint density at radius 3 is 2.45 bits per heavy atom. The molecule has 4 aromatic rings. The van der Waals surface area contributed by atoms with Crippen molar-refractivity contribution in [3.8, 4) is 22.7 Å². The van der Waals surface area contributed by atoms with E-state index >= 15 is 0 Å². The molecule has 0 fully saturated rings. The Hall–Kier alpha value is -3.51. The van der Waals surface area contributed by atoms with Crippen molar-refractivity contribution >= 4 is 23.4 Å². The second-order valence-electron chi connectivity index (χ2n) is 7.02. The summed E-state index contributed by atoms with van der Waals surface area (Å²) in [5.41, 5.74) is 4.77. The molecule has 0 spiro atoms. The number of aromatic nitrogens is 2. The molecule has 0 saturated heterocycles. The molecule has 0 atom stereocenters. The van der Waals surface area contributed by atoms with Crippen LogP contribution < -0.4 is 10.1 Å². The van der Waals surface area contributed by atoms with Gasteiger partial charge in [0, 0.05) is 17.4 Å². The van der Waals surface area contributed by atoms with Gasteiger partial charge in [0.05, 0.1) is 24.2 Å². The van der Waals surface area contributed by atoms with Crippen molar-refractivity contribution in [2.45, 2.75) is 12.1 Å². The lowest BCUT2D eigenvalue weighted by molar-refractivity contribution is -0.113. The smallest absolute Gasteiger partial charge is 0.234 e. The largest absolute Gasteiger partial charge is 0.495 e. The molecule has 5 nitrogen and oxygen atoms in total. The Kier molecular flexibility index (Phi) is 6.38. The third-order valence-electron chi connectivity index (χ3n) is 4.77. The van der Waals surface area contributed by atoms with Crippen LogP contribution in [0.25, 0.3) is 16.9 Å². The average Bonchev–Trinajstić information content (AvgIpc) is 3.23. The highest BCUT2D eigenvalue weighted by Gasteiger charge is 2.14. The molecule has 1 amide bonds. The van der Waals surface area contributed by atoms with E-state index in [1.54, 1.807) is 7.11 Å². The highest BCUT2D eigenvalue weighted by molar-refractivity contribution is 7.99. The predicted molar refractivity (Wildman–Crippen MR) is 126 cm³/mol. The number of carbonyl (C=O) groups is 1. The Balaban J connectivity index is 1.56. The van der Waals surface area contributed by atoms with Crippen molar-refractivity contribution in [3.63, 3.8) is 0 Å². The van der Waals surface area contributed by atoms with Crippen molar-refractivity contribution in [1.82, 2.24) is 9.55 Å². The van der Waals surface area contributed by atoms with Gasteiger partial charge in [-0.3, -0.25) is 9.36 Å². The van der Waals surface area contributed by atoms with Crippen molar-refractivity contribution in [1.29, 1.82) is 0 Å². The van der Waals surface area contributed by atoms with Gasteiger partial charge in [0.1, 0.15) is 5.75 Å². The van der Waals surface area contributed by atoms with Crippen LogP contribution in [0.5, 0.6) is 5.75 Å². The molecular weight excluding hydrogens is 406 g/mol. The van der Waals surface area contributed by atoms with Crippen molar-refractivity contribution < 1.29 is 9.53 Å². The standard InChI is InChI=1S/C25H23N3O2S/c1-18-12-14-19(15-13-18)22-16-28(20-8-4-3-5-9-20)25(27-22)31-17-24(29)26-21-10-6-7-11-23(21)30-2/h3-16H,17H2,1-2H3,(H,26,29). The van der Waals surface area contributed by atoms with E-state index in [2.05, 4.69) is 36.5 Å². The summed E-state index contributed by atoms with van der Waals surface area (Å²) in [6, 6.07) is 25.7. The van der Waals surface area contributed by atoms with Gasteiger partial charge in [0.15, 0.2) is 5.16 Å². The first-order valence-corrected chi connectivity index (χ1v) is 10.9. The number of benzene rings is 3. The lowest BCUT2D eigenvalue weighted by Crippen LogP contribution is -2.15. The van der Waals surface area contributed by atoms with Gasteiger partial charge in [-0.1, -0.05) is 71.9 Å². The number of anilines is 1. The monoisotopic (exact) mass is 429 g/mol. The lowest BCUT2D eigenvalue weighted by atomic mass is 10.1. The number of hydrogen-bond donors (Lipinski definition) is 1. The van der Waals surface area contributed by atoms with E-state index in [0.29, 0.717) is 11.4 Å². The normalized spacial score (nSPS) is 10.6. The summed E-state index contributed by atoms with van der Waals surface area (Å²) in [6.07, 6.45) is 2.01. The molecule has 0 unspecified atom stereocenters. The molecule has 0 aliphatic carbocycles. The summed E-state index contributed by atoms with van der Waals surface area (Å²) in [6.45, 7) is 2.06. The average molecular weight is 430 g/mol. The van der Waals surface area contributed by atoms with E-state index in [9.17, 15) is 4.79 Å². The number of nitrogens with one attached hydrogen (secondary N) is 1. The molecule has 31 heavy (non-hydrogen) atoms. The fraction of sp³-hybridized carbons (Fsp3) is 0.120. The van der Waals surface area contributed by atoms with Gasteiger partial charge in [-0.25, -0.2) is 4.98 Å². The molecule has 156 valence electrons. The first kappa shape index (κ1) is 20.8. The maximum Gasteiger partial charge on any atom is 0.234 e. The van der Waals surface area contributed by atoms with Gasteiger partial charge in [-0.15, -0.1) is 0 Å². The van der Waals surface area contributed by atoms with Gasteiger partial charge in [0.2, 0.25) is 5.91 Å². The van der Waals surface area contributed by atoms with E-state index < -0.39 is 0 Å². The van der Waals surface area contributed by atoms with Crippen LogP contribution in [0.15, 0.2) is 90.2 Å². The number of methoxy groups -OCH3 is 1. The number of carbonyl (C=O) groups excluding carboxylic acids is 1. The summed E-state index contributed by atoms with van der Waals surface area (Å²) in [5, 5.41) is 3.67. The second kappa shape index (κ2) is 9.53. The fourth-order valence-electron chi connectivity index (χ4n) is 3.17. The van der Waals surface area contributed by atoms with E-state index in [4.69, 9.17) is 9.72 Å². The fourth-order valence-corrected chi connectivity index (χ4v) is 3.96. The minimum Gasteiger partial charge on any atom is -0.495 e. The van der Waals surface area contributed by atoms with Crippen LogP contribution in [0.2, 0.25) is 0 Å². The Labute approximate surface area is 186 Å². The molecule has 1 heterocycles. The molecule has 0 saturated carbocycles. The van der Waals surface area contributed by atoms with Gasteiger partial charge < -0.3 is 10.1 Å². The van der Waals surface area contributed by atoms with Gasteiger partial charge in [-0.2, -0.15) is 0 Å². The molecule has 6 heteroatoms. The van der Waals surface area contributed by atoms with Crippen LogP contribution in [0.1, 0.15) is 5.56 Å². The van der Waals surface area contributed by atoms with Crippen LogP contribution >= 0.6 is 11.8 Å². The van der Waals surface area contributed by atoms with E-state index in [-0.39, 0.29) is 11.7 Å². The van der Waals surface area contributed by atoms with E-state index in [0.717, 1.165) is 22.1 Å². The van der Waals surface area contributed by atoms with Gasteiger partial charge in [0.25, 0.3) is 0 Å². The van der Waals surface area contributed by atoms with Crippen LogP contribution in [-0.2, 0) is 4.79 Å². The van der Waals surface area contributed by atoms with Crippen LogP contribution in [0.4, 0.5) is 5.69 Å². The van der Waals surface area contributed by atoms with Gasteiger partial charge >= 0.3 is 0 Å². The summed E-state index contributed by atoms with van der Waals surface area (Å²) in [5.74, 6) is 0.747. The molecule has 3 aromatic carbocycles. The zero-order valence-electron chi connectivity index (χ0n) is 17.4. The SMILES string of the molecule is COc1ccccc1NC(=O)CSc1nc(-c2ccc(C)cc2)cn1-c1ccccc1. The van der Waals surface area contributed by atoms with Crippen LogP contribution in [-0.4, -0.2) is 28.3 Å². The van der Waals surface area contributed by atoms with Crippen molar-refractivity contribution in [2.24, 2.45) is 0 Å². The number of thioether (sulfide) groups is 1. The molecular formula is C25H23N3O2S. The van der Waals surface area contributed by atoms with Crippen molar-refractivity contribution in [2.75, 3.05) is 18.2 Å². The number of nitrogens with zero attached hydrogens (tertiary/aromatic N) is 2. The molecule has 0 radical (unpaired) electrons. The number of rotatable bonds is 7. The quantitative estimate of drug-likeness (QED) is 0.389. The Morgan fingerprint density at radius 2 is 1.71 bits per heavy atom. The lowest BCUT2D eigenvalue weighted by Gasteiger charge is -2.10. The number of amides is 1. The minimum atomic E-state index is -0.117. The van der Waals surface area contributed by atoms with E-state index in [1.165, 1.54) is 17.3 Å². The molecule has 0 aliphatic rings. The zero-order valence-corrected chi connectivity index (χ0v) is 18.2. The molecule has 0 aliphatic heterocycles. The van der Waals surface area contributed by atoms with Crippen LogP contribution in [0.3, 0.4) is 0 Å². The number of imidazole rings is 1. The first-order valence-electron chi connectivity index (χ1n) is 9.91. The summed E-state index contributed by atoms with van der Waals surface area (Å²) < 4.78 is 7.33. The third-order valence-corrected chi connectivity index (χ3v) is 5.72. The van der Waals surface area contributed by atoms with Crippen molar-refractivity contribution in [3.05, 3.63) is 90.6 Å². The number of ether oxygens (including phenoxy) is 1. The molecule has 0 bridgehead atoms. The summed E-state index contributed by atoms with van der Waals surface area (Å²) in [4.78, 5) is 17.4. The minimum absolute atomic E-state index is 0.117. The summed E-state index contributed by atoms with van der Waals surface area (Å²) in [7, 11) is 1.59. The number of hydrogen-bond acceptors (Lipinski definition) is 4. The Morgan fingerprint density at radius 1 is 1.00 bits per heavy atom. The molecule has 1 aromatic heterocycles. The zero-order chi connectivity index (χ0) is 21.6. The highest BCUT2D eigenvalue weighted by Crippen LogP contribution is 2.28. The first-order chi connectivity index (χ1) is 15.1. The highest BCUT2D eigenvalue weighted by atomic mass is 32.2. The topological polar surface area (TPSA) is 56.1 Å². The molecule has 4 rings (SSSR count). The maximum absolute atomic E-state index is 12.6. The van der Waals surface area contributed by atoms with Crippen LogP contribution in [0, 0.1) is 6.92 Å². The second-order valence-corrected chi connectivity index (χ2v) is 7.96. The number of para-hydroxylation sites is 3. The summed E-state index contributed by atoms with van der Waals surface area (Å²) >= 11 is 1.40. The predicted octanol–water partition coefficient (Wildman–Crippen LogP) is 5.59. The van der Waals surface area contributed by atoms with E-state index in [1.807, 2.05) is 65.4 Å².